The molecule has 4 rings (SSSR count). The Morgan fingerprint density at radius 1 is 1.14 bits per heavy atom. The molecule has 0 fully saturated rings. The van der Waals surface area contributed by atoms with Crippen LogP contribution in [-0.2, 0) is 13.6 Å². The van der Waals surface area contributed by atoms with Gasteiger partial charge in [-0.1, -0.05) is 29.5 Å². The highest BCUT2D eigenvalue weighted by Gasteiger charge is 2.25. The molecule has 4 aromatic rings. The third kappa shape index (κ3) is 3.29. The van der Waals surface area contributed by atoms with Gasteiger partial charge in [0.25, 0.3) is 5.91 Å². The first kappa shape index (κ1) is 18.3. The monoisotopic (exact) mass is 391 g/mol. The third-order valence-corrected chi connectivity index (χ3v) is 6.00. The summed E-state index contributed by atoms with van der Waals surface area (Å²) in [4.78, 5) is 24.2. The fourth-order valence-corrected chi connectivity index (χ4v) is 4.16. The molecule has 0 saturated carbocycles. The number of anilines is 1. The zero-order valence-corrected chi connectivity index (χ0v) is 17.1. The SMILES string of the molecule is Cc1ccc(C)c2sc(N(Cc3ccccn3)C(=O)c3cc(C)n(C)n3)nc12. The normalized spacial score (nSPS) is 11.1. The summed E-state index contributed by atoms with van der Waals surface area (Å²) in [6, 6.07) is 11.6. The highest BCUT2D eigenvalue weighted by Crippen LogP contribution is 2.34. The van der Waals surface area contributed by atoms with Gasteiger partial charge in [0.15, 0.2) is 10.8 Å². The molecule has 0 aliphatic carbocycles. The van der Waals surface area contributed by atoms with Crippen LogP contribution in [0, 0.1) is 20.8 Å². The second-order valence-electron chi connectivity index (χ2n) is 6.88. The van der Waals surface area contributed by atoms with Gasteiger partial charge in [0.2, 0.25) is 0 Å². The van der Waals surface area contributed by atoms with Crippen molar-refractivity contribution < 1.29 is 4.79 Å². The van der Waals surface area contributed by atoms with E-state index in [0.29, 0.717) is 17.4 Å². The lowest BCUT2D eigenvalue weighted by Gasteiger charge is -2.18. The van der Waals surface area contributed by atoms with E-state index in [4.69, 9.17) is 4.98 Å². The molecule has 1 amide bonds. The van der Waals surface area contributed by atoms with E-state index in [2.05, 4.69) is 29.1 Å². The zero-order chi connectivity index (χ0) is 19.8. The minimum atomic E-state index is -0.177. The average molecular weight is 392 g/mol. The van der Waals surface area contributed by atoms with E-state index < -0.39 is 0 Å². The molecule has 28 heavy (non-hydrogen) atoms. The molecule has 0 saturated heterocycles. The number of hydrogen-bond acceptors (Lipinski definition) is 5. The highest BCUT2D eigenvalue weighted by molar-refractivity contribution is 7.22. The Balaban J connectivity index is 1.82. The molecular weight excluding hydrogens is 370 g/mol. The van der Waals surface area contributed by atoms with Crippen molar-refractivity contribution in [2.24, 2.45) is 7.05 Å². The van der Waals surface area contributed by atoms with Gasteiger partial charge >= 0.3 is 0 Å². The maximum atomic E-state index is 13.4. The Kier molecular flexibility index (Phi) is 4.68. The summed E-state index contributed by atoms with van der Waals surface area (Å²) in [7, 11) is 1.83. The quantitative estimate of drug-likeness (QED) is 0.523. The molecule has 6 nitrogen and oxygen atoms in total. The number of pyridine rings is 1. The summed E-state index contributed by atoms with van der Waals surface area (Å²) < 4.78 is 2.81. The number of fused-ring (bicyclic) bond motifs is 1. The molecule has 0 radical (unpaired) electrons. The van der Waals surface area contributed by atoms with Gasteiger partial charge in [-0.25, -0.2) is 4.98 Å². The van der Waals surface area contributed by atoms with E-state index >= 15 is 0 Å². The van der Waals surface area contributed by atoms with Crippen LogP contribution in [0.25, 0.3) is 10.2 Å². The summed E-state index contributed by atoms with van der Waals surface area (Å²) in [5.41, 5.74) is 5.33. The summed E-state index contributed by atoms with van der Waals surface area (Å²) in [6.45, 7) is 6.37. The molecule has 0 bridgehead atoms. The number of benzene rings is 1. The van der Waals surface area contributed by atoms with Crippen molar-refractivity contribution in [2.45, 2.75) is 27.3 Å². The second kappa shape index (κ2) is 7.16. The Bertz CT molecular complexity index is 1100. The fourth-order valence-electron chi connectivity index (χ4n) is 3.05. The molecular formula is C21H21N5OS. The molecule has 0 N–H and O–H groups in total. The molecule has 0 unspecified atom stereocenters. The van der Waals surface area contributed by atoms with Crippen LogP contribution in [0.1, 0.15) is 33.0 Å². The van der Waals surface area contributed by atoms with Crippen LogP contribution in [0.3, 0.4) is 0 Å². The number of rotatable bonds is 4. The van der Waals surface area contributed by atoms with Crippen LogP contribution >= 0.6 is 11.3 Å². The molecule has 1 aromatic carbocycles. The van der Waals surface area contributed by atoms with Crippen LogP contribution < -0.4 is 4.90 Å². The number of aryl methyl sites for hydroxylation is 4. The van der Waals surface area contributed by atoms with Gasteiger partial charge in [0.1, 0.15) is 0 Å². The summed E-state index contributed by atoms with van der Waals surface area (Å²) in [6.07, 6.45) is 1.73. The molecule has 0 aliphatic heterocycles. The van der Waals surface area contributed by atoms with Crippen molar-refractivity contribution in [3.05, 3.63) is 70.8 Å². The summed E-state index contributed by atoms with van der Waals surface area (Å²) in [5, 5.41) is 5.03. The van der Waals surface area contributed by atoms with Gasteiger partial charge in [-0.05, 0) is 50.1 Å². The number of nitrogens with zero attached hydrogens (tertiary/aromatic N) is 5. The van der Waals surface area contributed by atoms with E-state index in [0.717, 1.165) is 32.7 Å². The topological polar surface area (TPSA) is 63.9 Å². The molecule has 3 aromatic heterocycles. The predicted octanol–water partition coefficient (Wildman–Crippen LogP) is 4.20. The largest absolute Gasteiger partial charge is 0.280 e. The minimum absolute atomic E-state index is 0.177. The maximum Gasteiger partial charge on any atom is 0.280 e. The van der Waals surface area contributed by atoms with Crippen molar-refractivity contribution >= 4 is 32.6 Å². The average Bonchev–Trinajstić information content (AvgIpc) is 3.28. The van der Waals surface area contributed by atoms with Crippen molar-refractivity contribution in [1.82, 2.24) is 19.7 Å². The number of amides is 1. The first-order valence-electron chi connectivity index (χ1n) is 9.03. The van der Waals surface area contributed by atoms with E-state index in [1.807, 2.05) is 39.1 Å². The molecule has 3 heterocycles. The zero-order valence-electron chi connectivity index (χ0n) is 16.3. The Morgan fingerprint density at radius 3 is 2.57 bits per heavy atom. The van der Waals surface area contributed by atoms with Gasteiger partial charge in [0, 0.05) is 18.9 Å². The van der Waals surface area contributed by atoms with Crippen molar-refractivity contribution in [3.8, 4) is 0 Å². The van der Waals surface area contributed by atoms with Crippen LogP contribution in [-0.4, -0.2) is 25.7 Å². The number of thiazole rings is 1. The van der Waals surface area contributed by atoms with Crippen molar-refractivity contribution in [1.29, 1.82) is 0 Å². The van der Waals surface area contributed by atoms with Crippen molar-refractivity contribution in [2.75, 3.05) is 4.90 Å². The smallest absolute Gasteiger partial charge is 0.276 e. The number of carbonyl (C=O) groups excluding carboxylic acids is 1. The van der Waals surface area contributed by atoms with E-state index in [-0.39, 0.29) is 5.91 Å². The predicted molar refractivity (Wildman–Crippen MR) is 112 cm³/mol. The molecule has 0 aliphatic rings. The molecule has 0 spiro atoms. The van der Waals surface area contributed by atoms with E-state index in [1.165, 1.54) is 11.3 Å². The van der Waals surface area contributed by atoms with Crippen LogP contribution in [0.5, 0.6) is 0 Å². The maximum absolute atomic E-state index is 13.4. The lowest BCUT2D eigenvalue weighted by Crippen LogP contribution is -2.31. The number of carbonyl (C=O) groups is 1. The minimum Gasteiger partial charge on any atom is -0.276 e. The second-order valence-corrected chi connectivity index (χ2v) is 7.86. The third-order valence-electron chi connectivity index (χ3n) is 4.79. The lowest BCUT2D eigenvalue weighted by molar-refractivity contribution is 0.0979. The lowest BCUT2D eigenvalue weighted by atomic mass is 10.1. The van der Waals surface area contributed by atoms with Gasteiger partial charge in [0.05, 0.1) is 22.5 Å². The highest BCUT2D eigenvalue weighted by atomic mass is 32.1. The summed E-state index contributed by atoms with van der Waals surface area (Å²) >= 11 is 1.53. The standard InChI is InChI=1S/C21H21N5OS/c1-13-8-9-14(2)19-18(13)23-21(28-19)26(12-16-7-5-6-10-22-16)20(27)17-11-15(3)25(4)24-17/h5-11H,12H2,1-4H3. The number of aromatic nitrogens is 4. The molecule has 7 heteroatoms. The first-order chi connectivity index (χ1) is 13.4. The van der Waals surface area contributed by atoms with Crippen LogP contribution in [0.4, 0.5) is 5.13 Å². The Morgan fingerprint density at radius 2 is 1.93 bits per heavy atom. The molecule has 142 valence electrons. The van der Waals surface area contributed by atoms with Gasteiger partial charge in [-0.15, -0.1) is 0 Å². The van der Waals surface area contributed by atoms with E-state index in [9.17, 15) is 4.79 Å². The van der Waals surface area contributed by atoms with E-state index in [1.54, 1.807) is 21.8 Å². The van der Waals surface area contributed by atoms with Crippen molar-refractivity contribution in [3.63, 3.8) is 0 Å². The Hall–Kier alpha value is -3.06. The number of hydrogen-bond donors (Lipinski definition) is 0. The van der Waals surface area contributed by atoms with Crippen LogP contribution in [0.15, 0.2) is 42.6 Å². The van der Waals surface area contributed by atoms with Gasteiger partial charge in [-0.3, -0.25) is 19.4 Å². The molecule has 0 atom stereocenters. The van der Waals surface area contributed by atoms with Gasteiger partial charge in [-0.2, -0.15) is 5.10 Å². The Labute approximate surface area is 167 Å². The van der Waals surface area contributed by atoms with Gasteiger partial charge < -0.3 is 0 Å². The first-order valence-corrected chi connectivity index (χ1v) is 9.85. The fraction of sp³-hybridized carbons (Fsp3) is 0.238. The van der Waals surface area contributed by atoms with Crippen LogP contribution in [0.2, 0.25) is 0 Å². The summed E-state index contributed by atoms with van der Waals surface area (Å²) in [5.74, 6) is -0.177.